The fraction of sp³-hybridized carbons (Fsp3) is 0.500. The maximum Gasteiger partial charge on any atom is 0.273 e. The average Bonchev–Trinajstić information content (AvgIpc) is 2.17. The molecule has 14 heavy (non-hydrogen) atoms. The predicted molar refractivity (Wildman–Crippen MR) is 52.7 cm³/mol. The first kappa shape index (κ1) is 9.63. The first-order chi connectivity index (χ1) is 6.63. The van der Waals surface area contributed by atoms with Crippen molar-refractivity contribution in [2.45, 2.75) is 38.5 Å². The standard InChI is InChI=1S/C12H14F2/c1-2-9-5-6-10-4-3-7-12(13,14)11(10)8-9/h5-6,8H,2-4,7H2,1H3. The van der Waals surface area contributed by atoms with Gasteiger partial charge in [-0.2, -0.15) is 0 Å². The molecule has 0 saturated carbocycles. The van der Waals surface area contributed by atoms with E-state index in [2.05, 4.69) is 0 Å². The Morgan fingerprint density at radius 3 is 2.86 bits per heavy atom. The molecule has 1 aromatic carbocycles. The summed E-state index contributed by atoms with van der Waals surface area (Å²) < 4.78 is 27.0. The molecule has 0 radical (unpaired) electrons. The summed E-state index contributed by atoms with van der Waals surface area (Å²) in [6, 6.07) is 5.50. The van der Waals surface area contributed by atoms with Gasteiger partial charge in [-0.05, 0) is 36.5 Å². The van der Waals surface area contributed by atoms with Crippen LogP contribution in [0.4, 0.5) is 8.78 Å². The van der Waals surface area contributed by atoms with Gasteiger partial charge in [0.25, 0.3) is 5.92 Å². The van der Waals surface area contributed by atoms with E-state index in [1.54, 1.807) is 6.07 Å². The van der Waals surface area contributed by atoms with Crippen LogP contribution in [0.25, 0.3) is 0 Å². The van der Waals surface area contributed by atoms with E-state index in [-0.39, 0.29) is 12.0 Å². The van der Waals surface area contributed by atoms with Crippen LogP contribution in [-0.4, -0.2) is 0 Å². The molecule has 2 heteroatoms. The van der Waals surface area contributed by atoms with Crippen LogP contribution in [0.2, 0.25) is 0 Å². The summed E-state index contributed by atoms with van der Waals surface area (Å²) in [6.07, 6.45) is 2.23. The van der Waals surface area contributed by atoms with E-state index in [1.807, 2.05) is 19.1 Å². The minimum absolute atomic E-state index is 0.00711. The van der Waals surface area contributed by atoms with Crippen LogP contribution in [0, 0.1) is 0 Å². The summed E-state index contributed by atoms with van der Waals surface area (Å²) >= 11 is 0. The van der Waals surface area contributed by atoms with E-state index >= 15 is 0 Å². The maximum absolute atomic E-state index is 13.5. The van der Waals surface area contributed by atoms with Crippen molar-refractivity contribution in [3.05, 3.63) is 34.9 Å². The first-order valence-corrected chi connectivity index (χ1v) is 5.13. The van der Waals surface area contributed by atoms with Crippen LogP contribution in [0.3, 0.4) is 0 Å². The lowest BCUT2D eigenvalue weighted by atomic mass is 9.87. The Kier molecular flexibility index (Phi) is 2.30. The van der Waals surface area contributed by atoms with Gasteiger partial charge in [-0.3, -0.25) is 0 Å². The van der Waals surface area contributed by atoms with Gasteiger partial charge in [-0.1, -0.05) is 19.1 Å². The molecule has 0 nitrogen and oxygen atoms in total. The highest BCUT2D eigenvalue weighted by Gasteiger charge is 2.36. The molecule has 0 unspecified atom stereocenters. The second-order valence-electron chi connectivity index (χ2n) is 3.90. The quantitative estimate of drug-likeness (QED) is 0.642. The smallest absolute Gasteiger partial charge is 0.201 e. The number of alkyl halides is 2. The first-order valence-electron chi connectivity index (χ1n) is 5.13. The van der Waals surface area contributed by atoms with Crippen molar-refractivity contribution in [3.63, 3.8) is 0 Å². The van der Waals surface area contributed by atoms with E-state index in [0.29, 0.717) is 6.42 Å². The molecule has 1 aliphatic carbocycles. The van der Waals surface area contributed by atoms with E-state index in [0.717, 1.165) is 24.0 Å². The van der Waals surface area contributed by atoms with Crippen molar-refractivity contribution < 1.29 is 8.78 Å². The molecule has 76 valence electrons. The van der Waals surface area contributed by atoms with Crippen LogP contribution in [0.1, 0.15) is 36.5 Å². The largest absolute Gasteiger partial charge is 0.273 e. The summed E-state index contributed by atoms with van der Waals surface area (Å²) in [5.41, 5.74) is 2.10. The Labute approximate surface area is 82.9 Å². The normalized spacial score (nSPS) is 19.1. The van der Waals surface area contributed by atoms with Gasteiger partial charge in [0.2, 0.25) is 0 Å². The van der Waals surface area contributed by atoms with Crippen molar-refractivity contribution in [1.82, 2.24) is 0 Å². The molecular weight excluding hydrogens is 182 g/mol. The van der Waals surface area contributed by atoms with Gasteiger partial charge < -0.3 is 0 Å². The molecule has 0 spiro atoms. The Morgan fingerprint density at radius 2 is 2.14 bits per heavy atom. The molecule has 0 amide bonds. The Balaban J connectivity index is 2.49. The lowest BCUT2D eigenvalue weighted by Crippen LogP contribution is -2.21. The topological polar surface area (TPSA) is 0 Å². The van der Waals surface area contributed by atoms with E-state index < -0.39 is 5.92 Å². The third kappa shape index (κ3) is 1.54. The van der Waals surface area contributed by atoms with E-state index in [9.17, 15) is 8.78 Å². The second kappa shape index (κ2) is 3.34. The summed E-state index contributed by atoms with van der Waals surface area (Å²) in [5.74, 6) is -2.60. The van der Waals surface area contributed by atoms with Crippen LogP contribution in [0.15, 0.2) is 18.2 Å². The molecule has 1 aromatic rings. The molecule has 0 heterocycles. The van der Waals surface area contributed by atoms with Crippen molar-refractivity contribution in [2.75, 3.05) is 0 Å². The molecule has 0 bridgehead atoms. The van der Waals surface area contributed by atoms with E-state index in [1.165, 1.54) is 0 Å². The SMILES string of the molecule is CCc1ccc2c(c1)C(F)(F)CCC2. The van der Waals surface area contributed by atoms with Crippen LogP contribution in [-0.2, 0) is 18.8 Å². The maximum atomic E-state index is 13.5. The molecule has 0 N–H and O–H groups in total. The molecule has 0 aliphatic heterocycles. The third-order valence-corrected chi connectivity index (χ3v) is 2.91. The highest BCUT2D eigenvalue weighted by atomic mass is 19.3. The van der Waals surface area contributed by atoms with Crippen molar-refractivity contribution in [3.8, 4) is 0 Å². The van der Waals surface area contributed by atoms with Gasteiger partial charge >= 0.3 is 0 Å². The highest BCUT2D eigenvalue weighted by molar-refractivity contribution is 5.37. The van der Waals surface area contributed by atoms with Gasteiger partial charge in [-0.15, -0.1) is 0 Å². The van der Waals surface area contributed by atoms with Crippen LogP contribution in [0.5, 0.6) is 0 Å². The summed E-state index contributed by atoms with van der Waals surface area (Å²) in [7, 11) is 0. The van der Waals surface area contributed by atoms with Gasteiger partial charge in [0.05, 0.1) is 0 Å². The number of fused-ring (bicyclic) bond motifs is 1. The molecule has 0 saturated heterocycles. The van der Waals surface area contributed by atoms with E-state index in [4.69, 9.17) is 0 Å². The zero-order valence-corrected chi connectivity index (χ0v) is 8.32. The zero-order chi connectivity index (χ0) is 10.2. The van der Waals surface area contributed by atoms with Crippen molar-refractivity contribution >= 4 is 0 Å². The van der Waals surface area contributed by atoms with Gasteiger partial charge in [0.1, 0.15) is 0 Å². The number of hydrogen-bond donors (Lipinski definition) is 0. The number of hydrogen-bond acceptors (Lipinski definition) is 0. The van der Waals surface area contributed by atoms with Gasteiger partial charge in [0, 0.05) is 12.0 Å². The molecule has 0 atom stereocenters. The van der Waals surface area contributed by atoms with Crippen LogP contribution < -0.4 is 0 Å². The van der Waals surface area contributed by atoms with Crippen molar-refractivity contribution in [1.29, 1.82) is 0 Å². The minimum atomic E-state index is -2.60. The number of benzene rings is 1. The Morgan fingerprint density at radius 1 is 1.36 bits per heavy atom. The van der Waals surface area contributed by atoms with Crippen molar-refractivity contribution in [2.24, 2.45) is 0 Å². The van der Waals surface area contributed by atoms with Gasteiger partial charge in [0.15, 0.2) is 0 Å². The molecule has 1 aliphatic rings. The fourth-order valence-corrected chi connectivity index (χ4v) is 2.04. The molecule has 0 fully saturated rings. The number of aryl methyl sites for hydroxylation is 2. The number of halogens is 2. The summed E-state index contributed by atoms with van der Waals surface area (Å²) in [4.78, 5) is 0. The molecular formula is C12H14F2. The highest BCUT2D eigenvalue weighted by Crippen LogP contribution is 2.40. The second-order valence-corrected chi connectivity index (χ2v) is 3.90. The lowest BCUT2D eigenvalue weighted by Gasteiger charge is -2.25. The Bertz CT molecular complexity index is 342. The summed E-state index contributed by atoms with van der Waals surface area (Å²) in [6.45, 7) is 1.99. The minimum Gasteiger partial charge on any atom is -0.201 e. The lowest BCUT2D eigenvalue weighted by molar-refractivity contribution is -0.0217. The molecule has 2 rings (SSSR count). The zero-order valence-electron chi connectivity index (χ0n) is 8.32. The monoisotopic (exact) mass is 196 g/mol. The average molecular weight is 196 g/mol. The Hall–Kier alpha value is -0.920. The third-order valence-electron chi connectivity index (χ3n) is 2.91. The van der Waals surface area contributed by atoms with Crippen LogP contribution >= 0.6 is 0 Å². The van der Waals surface area contributed by atoms with Gasteiger partial charge in [-0.25, -0.2) is 8.78 Å². The molecule has 0 aromatic heterocycles. The number of rotatable bonds is 1. The predicted octanol–water partition coefficient (Wildman–Crippen LogP) is 3.68. The fourth-order valence-electron chi connectivity index (χ4n) is 2.04. The summed E-state index contributed by atoms with van der Waals surface area (Å²) in [5, 5.41) is 0.